The third kappa shape index (κ3) is 3.81. The Kier molecular flexibility index (Phi) is 5.67. The second kappa shape index (κ2) is 7.27. The molecule has 2 atom stereocenters. The molecule has 1 fully saturated rings. The summed E-state index contributed by atoms with van der Waals surface area (Å²) in [6.07, 6.45) is 9.64. The van der Waals surface area contributed by atoms with Gasteiger partial charge in [-0.3, -0.25) is 4.90 Å². The second-order valence-corrected chi connectivity index (χ2v) is 5.73. The molecular weight excluding hydrogens is 224 g/mol. The van der Waals surface area contributed by atoms with E-state index in [9.17, 15) is 5.11 Å². The van der Waals surface area contributed by atoms with Crippen LogP contribution in [0.15, 0.2) is 12.2 Å². The van der Waals surface area contributed by atoms with Gasteiger partial charge in [-0.05, 0) is 31.6 Å². The van der Waals surface area contributed by atoms with Gasteiger partial charge in [-0.2, -0.15) is 0 Å². The maximum atomic E-state index is 9.34. The van der Waals surface area contributed by atoms with E-state index in [-0.39, 0.29) is 0 Å². The highest BCUT2D eigenvalue weighted by molar-refractivity contribution is 4.91. The van der Waals surface area contributed by atoms with Gasteiger partial charge >= 0.3 is 0 Å². The summed E-state index contributed by atoms with van der Waals surface area (Å²) in [7, 11) is 0. The Morgan fingerprint density at radius 3 is 2.56 bits per heavy atom. The van der Waals surface area contributed by atoms with Crippen LogP contribution in [-0.2, 0) is 0 Å². The molecule has 0 bridgehead atoms. The Bertz CT molecular complexity index is 255. The van der Waals surface area contributed by atoms with Crippen LogP contribution in [0.4, 0.5) is 0 Å². The van der Waals surface area contributed by atoms with Crippen molar-refractivity contribution >= 4 is 0 Å². The second-order valence-electron chi connectivity index (χ2n) is 5.73. The zero-order valence-electron chi connectivity index (χ0n) is 11.7. The van der Waals surface area contributed by atoms with Gasteiger partial charge in [-0.25, -0.2) is 0 Å². The number of allylic oxidation sites excluding steroid dienone is 2. The lowest BCUT2D eigenvalue weighted by atomic mass is 9.94. The third-order valence-electron chi connectivity index (χ3n) is 4.50. The van der Waals surface area contributed by atoms with E-state index in [4.69, 9.17) is 0 Å². The number of hydrogen-bond acceptors (Lipinski definition) is 3. The molecule has 0 aromatic heterocycles. The van der Waals surface area contributed by atoms with E-state index in [1.807, 2.05) is 0 Å². The van der Waals surface area contributed by atoms with Gasteiger partial charge in [-0.1, -0.05) is 19.1 Å². The fourth-order valence-corrected chi connectivity index (χ4v) is 3.20. The first kappa shape index (κ1) is 14.0. The van der Waals surface area contributed by atoms with E-state index in [0.717, 1.165) is 25.4 Å². The first-order chi connectivity index (χ1) is 8.83. The molecule has 0 aromatic carbocycles. The van der Waals surface area contributed by atoms with Gasteiger partial charge < -0.3 is 10.0 Å². The minimum Gasteiger partial charge on any atom is -0.395 e. The quantitative estimate of drug-likeness (QED) is 0.755. The van der Waals surface area contributed by atoms with E-state index in [1.54, 1.807) is 0 Å². The molecule has 0 aromatic rings. The molecule has 0 radical (unpaired) electrons. The van der Waals surface area contributed by atoms with Crippen LogP contribution in [0.2, 0.25) is 0 Å². The zero-order valence-corrected chi connectivity index (χ0v) is 11.7. The number of aliphatic hydroxyl groups excluding tert-OH is 1. The molecule has 0 amide bonds. The SMILES string of the molecule is CCC(CO)N1CCN(CC2CC=CCC2)CC1. The Balaban J connectivity index is 1.71. The lowest BCUT2D eigenvalue weighted by Crippen LogP contribution is -2.52. The Morgan fingerprint density at radius 1 is 1.22 bits per heavy atom. The molecule has 3 nitrogen and oxygen atoms in total. The lowest BCUT2D eigenvalue weighted by Gasteiger charge is -2.39. The number of piperazine rings is 1. The van der Waals surface area contributed by atoms with Crippen molar-refractivity contribution in [2.45, 2.75) is 38.6 Å². The van der Waals surface area contributed by atoms with Crippen LogP contribution >= 0.6 is 0 Å². The van der Waals surface area contributed by atoms with Crippen LogP contribution in [0, 0.1) is 5.92 Å². The van der Waals surface area contributed by atoms with E-state index in [1.165, 1.54) is 38.9 Å². The molecule has 0 spiro atoms. The van der Waals surface area contributed by atoms with Gasteiger partial charge in [0.2, 0.25) is 0 Å². The molecule has 1 heterocycles. The molecule has 3 heteroatoms. The smallest absolute Gasteiger partial charge is 0.0586 e. The highest BCUT2D eigenvalue weighted by Gasteiger charge is 2.23. The molecule has 1 saturated heterocycles. The monoisotopic (exact) mass is 252 g/mol. The summed E-state index contributed by atoms with van der Waals surface area (Å²) in [5.41, 5.74) is 0. The van der Waals surface area contributed by atoms with Crippen LogP contribution < -0.4 is 0 Å². The minimum atomic E-state index is 0.309. The fraction of sp³-hybridized carbons (Fsp3) is 0.867. The normalized spacial score (nSPS) is 28.4. The number of aliphatic hydroxyl groups is 1. The molecule has 2 unspecified atom stereocenters. The molecule has 1 aliphatic carbocycles. The van der Waals surface area contributed by atoms with Crippen molar-refractivity contribution in [2.75, 3.05) is 39.3 Å². The lowest BCUT2D eigenvalue weighted by molar-refractivity contribution is 0.0568. The van der Waals surface area contributed by atoms with Crippen molar-refractivity contribution in [3.05, 3.63) is 12.2 Å². The largest absolute Gasteiger partial charge is 0.395 e. The van der Waals surface area contributed by atoms with Crippen LogP contribution in [0.25, 0.3) is 0 Å². The summed E-state index contributed by atoms with van der Waals surface area (Å²) in [5, 5.41) is 9.34. The van der Waals surface area contributed by atoms with E-state index in [0.29, 0.717) is 12.6 Å². The molecule has 2 aliphatic rings. The van der Waals surface area contributed by atoms with Crippen LogP contribution in [0.3, 0.4) is 0 Å². The summed E-state index contributed by atoms with van der Waals surface area (Å²) >= 11 is 0. The van der Waals surface area contributed by atoms with Crippen molar-refractivity contribution in [3.63, 3.8) is 0 Å². The number of nitrogens with zero attached hydrogens (tertiary/aromatic N) is 2. The summed E-state index contributed by atoms with van der Waals surface area (Å²) in [6, 6.07) is 0.379. The molecule has 2 rings (SSSR count). The van der Waals surface area contributed by atoms with Crippen LogP contribution in [0.1, 0.15) is 32.6 Å². The van der Waals surface area contributed by atoms with E-state index >= 15 is 0 Å². The average molecular weight is 252 g/mol. The topological polar surface area (TPSA) is 26.7 Å². The fourth-order valence-electron chi connectivity index (χ4n) is 3.20. The van der Waals surface area contributed by atoms with Crippen molar-refractivity contribution in [1.82, 2.24) is 9.80 Å². The van der Waals surface area contributed by atoms with E-state index < -0.39 is 0 Å². The Labute approximate surface area is 111 Å². The van der Waals surface area contributed by atoms with Crippen molar-refractivity contribution in [3.8, 4) is 0 Å². The van der Waals surface area contributed by atoms with Gasteiger partial charge in [-0.15, -0.1) is 0 Å². The first-order valence-corrected chi connectivity index (χ1v) is 7.55. The standard InChI is InChI=1S/C15H28N2O/c1-2-15(13-18)17-10-8-16(9-11-17)12-14-6-4-3-5-7-14/h3-4,14-15,18H,2,5-13H2,1H3. The zero-order chi connectivity index (χ0) is 12.8. The highest BCUT2D eigenvalue weighted by atomic mass is 16.3. The van der Waals surface area contributed by atoms with Crippen molar-refractivity contribution in [1.29, 1.82) is 0 Å². The predicted molar refractivity (Wildman–Crippen MR) is 75.7 cm³/mol. The van der Waals surface area contributed by atoms with Gasteiger partial charge in [0, 0.05) is 38.8 Å². The van der Waals surface area contributed by atoms with Gasteiger partial charge in [0.25, 0.3) is 0 Å². The van der Waals surface area contributed by atoms with Crippen molar-refractivity contribution < 1.29 is 5.11 Å². The third-order valence-corrected chi connectivity index (χ3v) is 4.50. The molecule has 104 valence electrons. The Morgan fingerprint density at radius 2 is 2.00 bits per heavy atom. The molecule has 18 heavy (non-hydrogen) atoms. The molecular formula is C15H28N2O. The average Bonchev–Trinajstić information content (AvgIpc) is 2.43. The summed E-state index contributed by atoms with van der Waals surface area (Å²) in [5.74, 6) is 0.876. The number of hydrogen-bond donors (Lipinski definition) is 1. The minimum absolute atomic E-state index is 0.309. The predicted octanol–water partition coefficient (Wildman–Crippen LogP) is 1.73. The summed E-state index contributed by atoms with van der Waals surface area (Å²) in [4.78, 5) is 5.07. The summed E-state index contributed by atoms with van der Waals surface area (Å²) in [6.45, 7) is 8.36. The first-order valence-electron chi connectivity index (χ1n) is 7.55. The van der Waals surface area contributed by atoms with Gasteiger partial charge in [0.1, 0.15) is 0 Å². The number of rotatable bonds is 5. The van der Waals surface area contributed by atoms with E-state index in [2.05, 4.69) is 28.9 Å². The maximum absolute atomic E-state index is 9.34. The van der Waals surface area contributed by atoms with Crippen LogP contribution in [0.5, 0.6) is 0 Å². The van der Waals surface area contributed by atoms with Gasteiger partial charge in [0.15, 0.2) is 0 Å². The van der Waals surface area contributed by atoms with Gasteiger partial charge in [0.05, 0.1) is 6.61 Å². The molecule has 1 aliphatic heterocycles. The molecule has 0 saturated carbocycles. The van der Waals surface area contributed by atoms with Crippen LogP contribution in [-0.4, -0.2) is 60.3 Å². The summed E-state index contributed by atoms with van der Waals surface area (Å²) < 4.78 is 0. The van der Waals surface area contributed by atoms with Crippen molar-refractivity contribution in [2.24, 2.45) is 5.92 Å². The Hall–Kier alpha value is -0.380. The highest BCUT2D eigenvalue weighted by Crippen LogP contribution is 2.20. The molecule has 1 N–H and O–H groups in total. The maximum Gasteiger partial charge on any atom is 0.0586 e.